The lowest BCUT2D eigenvalue weighted by molar-refractivity contribution is -0.384. The van der Waals surface area contributed by atoms with Crippen LogP contribution in [0.1, 0.15) is 40.1 Å². The van der Waals surface area contributed by atoms with E-state index < -0.39 is 16.8 Å². The average molecular weight is 356 g/mol. The molecule has 0 saturated carbocycles. The van der Waals surface area contributed by atoms with Crippen molar-refractivity contribution >= 4 is 17.6 Å². The number of nitro groups is 1. The van der Waals surface area contributed by atoms with Crippen molar-refractivity contribution in [3.63, 3.8) is 0 Å². The molecule has 0 aliphatic carbocycles. The molecular formula is C19H20N2O5. The maximum absolute atomic E-state index is 13.0. The van der Waals surface area contributed by atoms with Gasteiger partial charge in [-0.05, 0) is 25.5 Å². The average Bonchev–Trinajstić information content (AvgIpc) is 2.65. The van der Waals surface area contributed by atoms with Gasteiger partial charge >= 0.3 is 5.97 Å². The molecule has 0 aliphatic heterocycles. The molecule has 0 aromatic heterocycles. The standard InChI is InChI=1S/C19H20N2O5/c1-13(2)20(12-14-7-5-4-6-8-14)18(22)15-9-16(19(23)26-3)11-17(10-15)21(24)25/h4-11,13H,12H2,1-3H3. The molecule has 0 aliphatic rings. The molecular weight excluding hydrogens is 336 g/mol. The molecule has 26 heavy (non-hydrogen) atoms. The van der Waals surface area contributed by atoms with E-state index in [4.69, 9.17) is 0 Å². The highest BCUT2D eigenvalue weighted by molar-refractivity contribution is 5.99. The monoisotopic (exact) mass is 356 g/mol. The summed E-state index contributed by atoms with van der Waals surface area (Å²) in [5, 5.41) is 11.2. The summed E-state index contributed by atoms with van der Waals surface area (Å²) in [4.78, 5) is 36.9. The first-order valence-corrected chi connectivity index (χ1v) is 8.06. The predicted octanol–water partition coefficient (Wildman–Crippen LogP) is 3.43. The van der Waals surface area contributed by atoms with Crippen LogP contribution in [-0.2, 0) is 11.3 Å². The smallest absolute Gasteiger partial charge is 0.338 e. The van der Waals surface area contributed by atoms with Gasteiger partial charge < -0.3 is 9.64 Å². The summed E-state index contributed by atoms with van der Waals surface area (Å²) in [6.07, 6.45) is 0. The van der Waals surface area contributed by atoms with E-state index in [0.717, 1.165) is 11.6 Å². The van der Waals surface area contributed by atoms with Gasteiger partial charge in [-0.3, -0.25) is 14.9 Å². The van der Waals surface area contributed by atoms with E-state index in [9.17, 15) is 19.7 Å². The van der Waals surface area contributed by atoms with Gasteiger partial charge in [0, 0.05) is 30.3 Å². The van der Waals surface area contributed by atoms with Crippen molar-refractivity contribution in [1.82, 2.24) is 4.90 Å². The van der Waals surface area contributed by atoms with Crippen LogP contribution in [0, 0.1) is 10.1 Å². The normalized spacial score (nSPS) is 10.5. The summed E-state index contributed by atoms with van der Waals surface area (Å²) in [5.74, 6) is -1.13. The topological polar surface area (TPSA) is 89.8 Å². The minimum Gasteiger partial charge on any atom is -0.465 e. The Balaban J connectivity index is 2.42. The van der Waals surface area contributed by atoms with Gasteiger partial charge in [0.1, 0.15) is 0 Å². The van der Waals surface area contributed by atoms with Gasteiger partial charge in [-0.25, -0.2) is 4.79 Å². The number of nitrogens with zero attached hydrogens (tertiary/aromatic N) is 2. The lowest BCUT2D eigenvalue weighted by Crippen LogP contribution is -2.36. The molecule has 7 heteroatoms. The van der Waals surface area contributed by atoms with E-state index in [1.54, 1.807) is 4.90 Å². The quantitative estimate of drug-likeness (QED) is 0.449. The number of amides is 1. The van der Waals surface area contributed by atoms with Crippen LogP contribution in [0.15, 0.2) is 48.5 Å². The highest BCUT2D eigenvalue weighted by Gasteiger charge is 2.23. The van der Waals surface area contributed by atoms with Gasteiger partial charge in [0.15, 0.2) is 0 Å². The first-order valence-electron chi connectivity index (χ1n) is 8.06. The molecule has 0 saturated heterocycles. The van der Waals surface area contributed by atoms with Crippen molar-refractivity contribution in [1.29, 1.82) is 0 Å². The summed E-state index contributed by atoms with van der Waals surface area (Å²) in [6, 6.07) is 12.9. The largest absolute Gasteiger partial charge is 0.465 e. The zero-order valence-electron chi connectivity index (χ0n) is 14.8. The SMILES string of the molecule is COC(=O)c1cc(C(=O)N(Cc2ccccc2)C(C)C)cc([N+](=O)[O-])c1. The Labute approximate surface area is 151 Å². The molecule has 0 heterocycles. The summed E-state index contributed by atoms with van der Waals surface area (Å²) < 4.78 is 4.62. The van der Waals surface area contributed by atoms with Crippen molar-refractivity contribution in [3.05, 3.63) is 75.3 Å². The highest BCUT2D eigenvalue weighted by atomic mass is 16.6. The second-order valence-electron chi connectivity index (χ2n) is 6.03. The maximum Gasteiger partial charge on any atom is 0.338 e. The van der Waals surface area contributed by atoms with Gasteiger partial charge in [0.25, 0.3) is 11.6 Å². The molecule has 0 unspecified atom stereocenters. The number of esters is 1. The number of benzene rings is 2. The Morgan fingerprint density at radius 1 is 1.12 bits per heavy atom. The fourth-order valence-electron chi connectivity index (χ4n) is 2.51. The van der Waals surface area contributed by atoms with Crippen molar-refractivity contribution in [3.8, 4) is 0 Å². The van der Waals surface area contributed by atoms with Gasteiger partial charge in [0.05, 0.1) is 17.6 Å². The summed E-state index contributed by atoms with van der Waals surface area (Å²) in [6.45, 7) is 4.08. The third kappa shape index (κ3) is 4.44. The summed E-state index contributed by atoms with van der Waals surface area (Å²) in [5.41, 5.74) is 0.644. The first-order chi connectivity index (χ1) is 12.3. The van der Waals surface area contributed by atoms with Gasteiger partial charge in [-0.2, -0.15) is 0 Å². The van der Waals surface area contributed by atoms with Crippen LogP contribution in [0.5, 0.6) is 0 Å². The van der Waals surface area contributed by atoms with E-state index in [0.29, 0.717) is 6.54 Å². The molecule has 0 fully saturated rings. The van der Waals surface area contributed by atoms with E-state index in [-0.39, 0.29) is 22.9 Å². The number of carbonyl (C=O) groups excluding carboxylic acids is 2. The Morgan fingerprint density at radius 2 is 1.73 bits per heavy atom. The Hall–Kier alpha value is -3.22. The number of nitro benzene ring substituents is 1. The second-order valence-corrected chi connectivity index (χ2v) is 6.03. The Kier molecular flexibility index (Phi) is 6.06. The van der Waals surface area contributed by atoms with Crippen LogP contribution in [-0.4, -0.2) is 34.9 Å². The van der Waals surface area contributed by atoms with Gasteiger partial charge in [0.2, 0.25) is 0 Å². The lowest BCUT2D eigenvalue weighted by atomic mass is 10.1. The third-order valence-electron chi connectivity index (χ3n) is 3.88. The molecule has 7 nitrogen and oxygen atoms in total. The van der Waals surface area contributed by atoms with Crippen LogP contribution in [0.4, 0.5) is 5.69 Å². The zero-order valence-corrected chi connectivity index (χ0v) is 14.8. The molecule has 0 spiro atoms. The van der Waals surface area contributed by atoms with Crippen LogP contribution in [0.25, 0.3) is 0 Å². The van der Waals surface area contributed by atoms with Crippen LogP contribution < -0.4 is 0 Å². The fourth-order valence-corrected chi connectivity index (χ4v) is 2.51. The number of carbonyl (C=O) groups is 2. The lowest BCUT2D eigenvalue weighted by Gasteiger charge is -2.27. The first kappa shape index (κ1) is 19.1. The van der Waals surface area contributed by atoms with Crippen molar-refractivity contribution in [2.24, 2.45) is 0 Å². The Bertz CT molecular complexity index is 818. The molecule has 0 atom stereocenters. The number of ether oxygens (including phenoxy) is 1. The summed E-state index contributed by atoms with van der Waals surface area (Å²) in [7, 11) is 1.18. The van der Waals surface area contributed by atoms with Crippen LogP contribution in [0.3, 0.4) is 0 Å². The Morgan fingerprint density at radius 3 is 2.27 bits per heavy atom. The predicted molar refractivity (Wildman–Crippen MR) is 95.9 cm³/mol. The van der Waals surface area contributed by atoms with Crippen molar-refractivity contribution in [2.45, 2.75) is 26.4 Å². The van der Waals surface area contributed by atoms with Crippen molar-refractivity contribution in [2.75, 3.05) is 7.11 Å². The van der Waals surface area contributed by atoms with E-state index in [1.165, 1.54) is 19.2 Å². The van der Waals surface area contributed by atoms with E-state index in [1.807, 2.05) is 44.2 Å². The molecule has 0 bridgehead atoms. The second kappa shape index (κ2) is 8.24. The van der Waals surface area contributed by atoms with E-state index >= 15 is 0 Å². The minimum absolute atomic E-state index is 0.0338. The highest BCUT2D eigenvalue weighted by Crippen LogP contribution is 2.21. The van der Waals surface area contributed by atoms with Gasteiger partial charge in [-0.15, -0.1) is 0 Å². The van der Waals surface area contributed by atoms with Crippen LogP contribution >= 0.6 is 0 Å². The molecule has 0 radical (unpaired) electrons. The number of hydrogen-bond acceptors (Lipinski definition) is 5. The number of non-ortho nitro benzene ring substituents is 1. The molecule has 2 rings (SSSR count). The number of hydrogen-bond donors (Lipinski definition) is 0. The third-order valence-corrected chi connectivity index (χ3v) is 3.88. The molecule has 0 N–H and O–H groups in total. The minimum atomic E-state index is -0.734. The molecule has 2 aromatic carbocycles. The summed E-state index contributed by atoms with van der Waals surface area (Å²) >= 11 is 0. The molecule has 1 amide bonds. The van der Waals surface area contributed by atoms with Crippen LogP contribution in [0.2, 0.25) is 0 Å². The number of rotatable bonds is 6. The zero-order chi connectivity index (χ0) is 19.3. The maximum atomic E-state index is 13.0. The van der Waals surface area contributed by atoms with E-state index in [2.05, 4.69) is 4.74 Å². The van der Waals surface area contributed by atoms with Gasteiger partial charge in [-0.1, -0.05) is 30.3 Å². The number of methoxy groups -OCH3 is 1. The molecule has 2 aromatic rings. The van der Waals surface area contributed by atoms with Crippen molar-refractivity contribution < 1.29 is 19.2 Å². The molecule has 136 valence electrons. The fraction of sp³-hybridized carbons (Fsp3) is 0.263.